The summed E-state index contributed by atoms with van der Waals surface area (Å²) in [5.74, 6) is -1.49. The number of aryl methyl sites for hydroxylation is 1. The van der Waals surface area contributed by atoms with Gasteiger partial charge in [-0.25, -0.2) is 4.39 Å². The van der Waals surface area contributed by atoms with Crippen LogP contribution in [0.15, 0.2) is 18.2 Å². The molecular weight excluding hydrogens is 237 g/mol. The molecule has 1 rings (SSSR count). The number of amides is 1. The highest BCUT2D eigenvalue weighted by Crippen LogP contribution is 2.14. The van der Waals surface area contributed by atoms with E-state index >= 15 is 0 Å². The Labute approximate surface area is 105 Å². The van der Waals surface area contributed by atoms with Crippen LogP contribution >= 0.6 is 0 Å². The second-order valence-corrected chi connectivity index (χ2v) is 4.17. The van der Waals surface area contributed by atoms with Crippen LogP contribution in [-0.4, -0.2) is 17.0 Å². The van der Waals surface area contributed by atoms with Crippen LogP contribution in [0.5, 0.6) is 0 Å². The van der Waals surface area contributed by atoms with Gasteiger partial charge in [-0.05, 0) is 43.5 Å². The number of hydrogen-bond donors (Lipinski definition) is 2. The number of hydrogen-bond acceptors (Lipinski definition) is 2. The molecule has 4 nitrogen and oxygen atoms in total. The monoisotopic (exact) mass is 253 g/mol. The third-order valence-electron chi connectivity index (χ3n) is 2.37. The Hall–Kier alpha value is -1.91. The molecule has 2 N–H and O–H groups in total. The summed E-state index contributed by atoms with van der Waals surface area (Å²) in [6.07, 6.45) is 1.27. The molecule has 0 unspecified atom stereocenters. The standard InChI is InChI=1S/C13H16FNO3/c1-9-6-10(14)8-11(7-9)15-12(16)4-2-3-5-13(17)18/h6-8H,2-5H2,1H3,(H,15,16)(H,17,18). The lowest BCUT2D eigenvalue weighted by Gasteiger charge is -2.06. The second-order valence-electron chi connectivity index (χ2n) is 4.17. The third-order valence-corrected chi connectivity index (χ3v) is 2.37. The molecule has 98 valence electrons. The first kappa shape index (κ1) is 14.2. The molecule has 0 radical (unpaired) electrons. The number of anilines is 1. The van der Waals surface area contributed by atoms with Crippen molar-refractivity contribution in [3.63, 3.8) is 0 Å². The van der Waals surface area contributed by atoms with Gasteiger partial charge in [0.1, 0.15) is 5.82 Å². The highest BCUT2D eigenvalue weighted by atomic mass is 19.1. The van der Waals surface area contributed by atoms with Crippen LogP contribution in [0.2, 0.25) is 0 Å². The maximum atomic E-state index is 13.1. The molecule has 0 heterocycles. The predicted molar refractivity (Wildman–Crippen MR) is 65.9 cm³/mol. The fraction of sp³-hybridized carbons (Fsp3) is 0.385. The zero-order valence-corrected chi connectivity index (χ0v) is 10.2. The Morgan fingerprint density at radius 2 is 1.89 bits per heavy atom. The molecule has 0 saturated carbocycles. The van der Waals surface area contributed by atoms with Gasteiger partial charge in [-0.15, -0.1) is 0 Å². The van der Waals surface area contributed by atoms with Crippen LogP contribution in [-0.2, 0) is 9.59 Å². The molecule has 0 aliphatic rings. The zero-order valence-electron chi connectivity index (χ0n) is 10.2. The first-order valence-corrected chi connectivity index (χ1v) is 5.76. The van der Waals surface area contributed by atoms with Gasteiger partial charge in [0, 0.05) is 18.5 Å². The lowest BCUT2D eigenvalue weighted by atomic mass is 10.1. The van der Waals surface area contributed by atoms with Crippen LogP contribution in [0.4, 0.5) is 10.1 Å². The van der Waals surface area contributed by atoms with Gasteiger partial charge in [0.05, 0.1) is 0 Å². The van der Waals surface area contributed by atoms with E-state index in [0.717, 1.165) is 5.56 Å². The number of carbonyl (C=O) groups excluding carboxylic acids is 1. The summed E-state index contributed by atoms with van der Waals surface area (Å²) in [5.41, 5.74) is 1.16. The highest BCUT2D eigenvalue weighted by molar-refractivity contribution is 5.90. The molecule has 0 saturated heterocycles. The number of halogens is 1. The highest BCUT2D eigenvalue weighted by Gasteiger charge is 2.05. The fourth-order valence-electron chi connectivity index (χ4n) is 1.59. The zero-order chi connectivity index (χ0) is 13.5. The molecule has 0 aromatic heterocycles. The Balaban J connectivity index is 2.37. The number of aliphatic carboxylic acids is 1. The van der Waals surface area contributed by atoms with Gasteiger partial charge in [0.25, 0.3) is 0 Å². The quantitative estimate of drug-likeness (QED) is 0.766. The van der Waals surface area contributed by atoms with Crippen molar-refractivity contribution in [2.24, 2.45) is 0 Å². The number of carbonyl (C=O) groups is 2. The van der Waals surface area contributed by atoms with E-state index in [4.69, 9.17) is 5.11 Å². The van der Waals surface area contributed by atoms with E-state index in [1.54, 1.807) is 13.0 Å². The molecule has 0 fully saturated rings. The van der Waals surface area contributed by atoms with Crippen molar-refractivity contribution in [3.8, 4) is 0 Å². The Morgan fingerprint density at radius 1 is 1.22 bits per heavy atom. The number of rotatable bonds is 6. The molecule has 1 amide bonds. The first-order valence-electron chi connectivity index (χ1n) is 5.76. The van der Waals surface area contributed by atoms with Gasteiger partial charge in [0.2, 0.25) is 5.91 Å². The smallest absolute Gasteiger partial charge is 0.303 e. The lowest BCUT2D eigenvalue weighted by molar-refractivity contribution is -0.137. The molecule has 1 aromatic carbocycles. The van der Waals surface area contributed by atoms with E-state index in [1.807, 2.05) is 0 Å². The maximum Gasteiger partial charge on any atom is 0.303 e. The van der Waals surface area contributed by atoms with Gasteiger partial charge in [-0.1, -0.05) is 0 Å². The average molecular weight is 253 g/mol. The number of carboxylic acid groups (broad SMARTS) is 1. The summed E-state index contributed by atoms with van der Waals surface area (Å²) < 4.78 is 13.1. The van der Waals surface area contributed by atoms with Gasteiger partial charge >= 0.3 is 5.97 Å². The van der Waals surface area contributed by atoms with Crippen molar-refractivity contribution >= 4 is 17.6 Å². The predicted octanol–water partition coefficient (Wildman–Crippen LogP) is 2.72. The van der Waals surface area contributed by atoms with Gasteiger partial charge < -0.3 is 10.4 Å². The number of carboxylic acids is 1. The van der Waals surface area contributed by atoms with Gasteiger partial charge in [0.15, 0.2) is 0 Å². The van der Waals surface area contributed by atoms with Gasteiger partial charge in [-0.3, -0.25) is 9.59 Å². The minimum atomic E-state index is -0.865. The van der Waals surface area contributed by atoms with Crippen molar-refractivity contribution < 1.29 is 19.1 Å². The summed E-state index contributed by atoms with van der Waals surface area (Å²) in [4.78, 5) is 21.8. The summed E-state index contributed by atoms with van der Waals surface area (Å²) >= 11 is 0. The van der Waals surface area contributed by atoms with Gasteiger partial charge in [-0.2, -0.15) is 0 Å². The summed E-state index contributed by atoms with van der Waals surface area (Å²) in [6.45, 7) is 1.74. The largest absolute Gasteiger partial charge is 0.481 e. The summed E-state index contributed by atoms with van der Waals surface area (Å²) in [5, 5.41) is 11.0. The van der Waals surface area contributed by atoms with E-state index in [9.17, 15) is 14.0 Å². The fourth-order valence-corrected chi connectivity index (χ4v) is 1.59. The Morgan fingerprint density at radius 3 is 2.50 bits per heavy atom. The Bertz CT molecular complexity index is 426. The van der Waals surface area contributed by atoms with Crippen molar-refractivity contribution in [3.05, 3.63) is 29.6 Å². The number of nitrogens with one attached hydrogen (secondary N) is 1. The minimum Gasteiger partial charge on any atom is -0.481 e. The van der Waals surface area contributed by atoms with Crippen LogP contribution in [0.25, 0.3) is 0 Å². The van der Waals surface area contributed by atoms with Crippen LogP contribution < -0.4 is 5.32 Å². The summed E-state index contributed by atoms with van der Waals surface area (Å²) in [7, 11) is 0. The minimum absolute atomic E-state index is 0.0619. The molecule has 0 bridgehead atoms. The van der Waals surface area contributed by atoms with Crippen LogP contribution in [0.1, 0.15) is 31.2 Å². The van der Waals surface area contributed by atoms with Crippen molar-refractivity contribution in [2.45, 2.75) is 32.6 Å². The number of unbranched alkanes of at least 4 members (excludes halogenated alkanes) is 1. The van der Waals surface area contributed by atoms with E-state index in [-0.39, 0.29) is 18.7 Å². The normalized spacial score (nSPS) is 10.1. The lowest BCUT2D eigenvalue weighted by Crippen LogP contribution is -2.11. The van der Waals surface area contributed by atoms with E-state index in [1.165, 1.54) is 12.1 Å². The molecule has 1 aromatic rings. The molecule has 0 aliphatic heterocycles. The van der Waals surface area contributed by atoms with Crippen molar-refractivity contribution in [2.75, 3.05) is 5.32 Å². The van der Waals surface area contributed by atoms with Crippen LogP contribution in [0.3, 0.4) is 0 Å². The molecule has 0 atom stereocenters. The topological polar surface area (TPSA) is 66.4 Å². The van der Waals surface area contributed by atoms with Crippen molar-refractivity contribution in [1.82, 2.24) is 0 Å². The molecule has 5 heteroatoms. The first-order chi connectivity index (χ1) is 8.47. The Kier molecular flexibility index (Phi) is 5.30. The second kappa shape index (κ2) is 6.74. The average Bonchev–Trinajstić information content (AvgIpc) is 2.22. The molecular formula is C13H16FNO3. The van der Waals surface area contributed by atoms with E-state index in [2.05, 4.69) is 5.32 Å². The van der Waals surface area contributed by atoms with Crippen molar-refractivity contribution in [1.29, 1.82) is 0 Å². The van der Waals surface area contributed by atoms with E-state index < -0.39 is 11.8 Å². The third kappa shape index (κ3) is 5.43. The molecule has 18 heavy (non-hydrogen) atoms. The van der Waals surface area contributed by atoms with Crippen LogP contribution in [0, 0.1) is 12.7 Å². The molecule has 0 aliphatic carbocycles. The SMILES string of the molecule is Cc1cc(F)cc(NC(=O)CCCCC(=O)O)c1. The number of benzene rings is 1. The molecule has 0 spiro atoms. The van der Waals surface area contributed by atoms with E-state index in [0.29, 0.717) is 18.5 Å². The maximum absolute atomic E-state index is 13.1. The summed E-state index contributed by atoms with van der Waals surface area (Å²) in [6, 6.07) is 4.31.